The molecule has 1 saturated heterocycles. The van der Waals surface area contributed by atoms with Crippen molar-refractivity contribution in [1.82, 2.24) is 15.5 Å². The Labute approximate surface area is 117 Å². The van der Waals surface area contributed by atoms with Gasteiger partial charge in [-0.1, -0.05) is 12.3 Å². The Morgan fingerprint density at radius 2 is 2.32 bits per heavy atom. The summed E-state index contributed by atoms with van der Waals surface area (Å²) in [6.07, 6.45) is 10.2. The van der Waals surface area contributed by atoms with Crippen molar-refractivity contribution in [2.45, 2.75) is 51.6 Å². The lowest BCUT2D eigenvalue weighted by molar-refractivity contribution is -0.122. The van der Waals surface area contributed by atoms with E-state index < -0.39 is 0 Å². The van der Waals surface area contributed by atoms with Gasteiger partial charge in [-0.3, -0.25) is 4.79 Å². The summed E-state index contributed by atoms with van der Waals surface area (Å²) in [5.74, 6) is 2.38. The quantitative estimate of drug-likeness (QED) is 0.533. The van der Waals surface area contributed by atoms with E-state index in [2.05, 4.69) is 28.4 Å². The van der Waals surface area contributed by atoms with E-state index in [9.17, 15) is 4.79 Å². The molecule has 0 bridgehead atoms. The number of nitrogens with zero attached hydrogens (tertiary/aromatic N) is 1. The lowest BCUT2D eigenvalue weighted by Crippen LogP contribution is -2.44. The Morgan fingerprint density at radius 1 is 1.53 bits per heavy atom. The summed E-state index contributed by atoms with van der Waals surface area (Å²) in [5.41, 5.74) is 0. The van der Waals surface area contributed by atoms with Gasteiger partial charge in [-0.15, -0.1) is 6.42 Å². The van der Waals surface area contributed by atoms with Gasteiger partial charge >= 0.3 is 0 Å². The molecule has 4 heteroatoms. The number of hydrogen-bond acceptors (Lipinski definition) is 3. The zero-order valence-corrected chi connectivity index (χ0v) is 12.2. The van der Waals surface area contributed by atoms with Crippen LogP contribution in [-0.2, 0) is 4.79 Å². The topological polar surface area (TPSA) is 44.4 Å². The summed E-state index contributed by atoms with van der Waals surface area (Å²) in [6.45, 7) is 7.69. The molecule has 2 atom stereocenters. The lowest BCUT2D eigenvalue weighted by atomic mass is 10.0. The summed E-state index contributed by atoms with van der Waals surface area (Å²) in [6, 6.07) is 0.539. The van der Waals surface area contributed by atoms with Gasteiger partial charge in [-0.25, -0.2) is 0 Å². The van der Waals surface area contributed by atoms with Gasteiger partial charge in [0.2, 0.25) is 5.91 Å². The molecule has 1 rings (SSSR count). The Balaban J connectivity index is 2.09. The number of hydrogen-bond donors (Lipinski definition) is 2. The molecule has 0 saturated carbocycles. The van der Waals surface area contributed by atoms with E-state index in [4.69, 9.17) is 6.42 Å². The molecule has 1 fully saturated rings. The number of nitrogens with one attached hydrogen (secondary N) is 2. The minimum absolute atomic E-state index is 0.0238. The highest BCUT2D eigenvalue weighted by Crippen LogP contribution is 2.15. The van der Waals surface area contributed by atoms with Crippen LogP contribution in [-0.4, -0.2) is 49.1 Å². The van der Waals surface area contributed by atoms with Crippen LogP contribution >= 0.6 is 0 Å². The van der Waals surface area contributed by atoms with Gasteiger partial charge in [0.15, 0.2) is 0 Å². The molecular weight excluding hydrogens is 238 g/mol. The predicted molar refractivity (Wildman–Crippen MR) is 78.8 cm³/mol. The molecule has 0 spiro atoms. The molecule has 0 aromatic carbocycles. The Hall–Kier alpha value is -1.05. The first-order valence-electron chi connectivity index (χ1n) is 7.33. The molecule has 2 unspecified atom stereocenters. The van der Waals surface area contributed by atoms with Crippen molar-refractivity contribution in [1.29, 1.82) is 0 Å². The van der Waals surface area contributed by atoms with Crippen molar-refractivity contribution in [2.24, 2.45) is 0 Å². The first-order chi connectivity index (χ1) is 9.15. The van der Waals surface area contributed by atoms with Gasteiger partial charge in [-0.2, -0.15) is 0 Å². The van der Waals surface area contributed by atoms with Crippen molar-refractivity contribution in [2.75, 3.05) is 26.2 Å². The third kappa shape index (κ3) is 6.09. The first-order valence-corrected chi connectivity index (χ1v) is 7.33. The zero-order chi connectivity index (χ0) is 14.1. The number of rotatable bonds is 7. The van der Waals surface area contributed by atoms with E-state index in [0.29, 0.717) is 12.6 Å². The second-order valence-corrected chi connectivity index (χ2v) is 5.33. The summed E-state index contributed by atoms with van der Waals surface area (Å²) >= 11 is 0. The minimum atomic E-state index is -0.174. The van der Waals surface area contributed by atoms with Crippen molar-refractivity contribution in [3.05, 3.63) is 0 Å². The average Bonchev–Trinajstić information content (AvgIpc) is 2.42. The SMILES string of the molecule is C#CCNC(=O)C(C)NCCCN1CCCCC1C. The number of amides is 1. The van der Waals surface area contributed by atoms with Crippen LogP contribution in [0.2, 0.25) is 0 Å². The number of piperidine rings is 1. The maximum Gasteiger partial charge on any atom is 0.237 e. The minimum Gasteiger partial charge on any atom is -0.344 e. The summed E-state index contributed by atoms with van der Waals surface area (Å²) in [7, 11) is 0. The van der Waals surface area contributed by atoms with Crippen LogP contribution < -0.4 is 10.6 Å². The third-order valence-corrected chi connectivity index (χ3v) is 3.77. The predicted octanol–water partition coefficient (Wildman–Crippen LogP) is 0.978. The number of terminal acetylenes is 1. The van der Waals surface area contributed by atoms with Crippen LogP contribution in [0.25, 0.3) is 0 Å². The van der Waals surface area contributed by atoms with Crippen molar-refractivity contribution in [3.63, 3.8) is 0 Å². The van der Waals surface area contributed by atoms with E-state index in [-0.39, 0.29) is 11.9 Å². The normalized spacial score (nSPS) is 21.6. The number of likely N-dealkylation sites (tertiary alicyclic amines) is 1. The maximum absolute atomic E-state index is 11.6. The largest absolute Gasteiger partial charge is 0.344 e. The molecule has 4 nitrogen and oxygen atoms in total. The highest BCUT2D eigenvalue weighted by molar-refractivity contribution is 5.81. The second kappa shape index (κ2) is 8.95. The highest BCUT2D eigenvalue weighted by atomic mass is 16.2. The van der Waals surface area contributed by atoms with E-state index in [1.165, 1.54) is 25.8 Å². The fourth-order valence-corrected chi connectivity index (χ4v) is 2.47. The molecule has 2 N–H and O–H groups in total. The van der Waals surface area contributed by atoms with Crippen LogP contribution in [0, 0.1) is 12.3 Å². The number of carbonyl (C=O) groups excluding carboxylic acids is 1. The zero-order valence-electron chi connectivity index (χ0n) is 12.2. The van der Waals surface area contributed by atoms with Crippen LogP contribution in [0.5, 0.6) is 0 Å². The van der Waals surface area contributed by atoms with Gasteiger partial charge in [-0.05, 0) is 52.7 Å². The standard InChI is InChI=1S/C15H27N3O/c1-4-9-17-15(19)14(3)16-10-7-12-18-11-6-5-8-13(18)2/h1,13-14,16H,5-12H2,2-3H3,(H,17,19). The summed E-state index contributed by atoms with van der Waals surface area (Å²) in [4.78, 5) is 14.1. The van der Waals surface area contributed by atoms with Crippen molar-refractivity contribution < 1.29 is 4.79 Å². The van der Waals surface area contributed by atoms with Crippen molar-refractivity contribution in [3.8, 4) is 12.3 Å². The Morgan fingerprint density at radius 3 is 3.00 bits per heavy atom. The van der Waals surface area contributed by atoms with Gasteiger partial charge in [0.05, 0.1) is 12.6 Å². The Bertz CT molecular complexity index is 311. The van der Waals surface area contributed by atoms with Gasteiger partial charge < -0.3 is 15.5 Å². The Kier molecular flexibility index (Phi) is 7.54. The van der Waals surface area contributed by atoms with E-state index >= 15 is 0 Å². The van der Waals surface area contributed by atoms with Crippen LogP contribution in [0.15, 0.2) is 0 Å². The lowest BCUT2D eigenvalue weighted by Gasteiger charge is -2.33. The van der Waals surface area contributed by atoms with Gasteiger partial charge in [0.1, 0.15) is 0 Å². The molecule has 0 radical (unpaired) electrons. The molecule has 0 aromatic rings. The average molecular weight is 265 g/mol. The first kappa shape index (κ1) is 16.0. The molecule has 0 aromatic heterocycles. The fraction of sp³-hybridized carbons (Fsp3) is 0.800. The summed E-state index contributed by atoms with van der Waals surface area (Å²) < 4.78 is 0. The smallest absolute Gasteiger partial charge is 0.237 e. The summed E-state index contributed by atoms with van der Waals surface area (Å²) in [5, 5.41) is 5.92. The fourth-order valence-electron chi connectivity index (χ4n) is 2.47. The second-order valence-electron chi connectivity index (χ2n) is 5.33. The monoisotopic (exact) mass is 265 g/mol. The molecule has 1 aliphatic rings. The molecule has 108 valence electrons. The molecule has 19 heavy (non-hydrogen) atoms. The van der Waals surface area contributed by atoms with E-state index in [1.807, 2.05) is 6.92 Å². The maximum atomic E-state index is 11.6. The van der Waals surface area contributed by atoms with E-state index in [1.54, 1.807) is 0 Å². The van der Waals surface area contributed by atoms with Gasteiger partial charge in [0, 0.05) is 6.04 Å². The molecule has 1 heterocycles. The molecule has 1 amide bonds. The molecule has 1 aliphatic heterocycles. The molecule has 0 aliphatic carbocycles. The third-order valence-electron chi connectivity index (χ3n) is 3.77. The van der Waals surface area contributed by atoms with Crippen molar-refractivity contribution >= 4 is 5.91 Å². The van der Waals surface area contributed by atoms with Crippen LogP contribution in [0.4, 0.5) is 0 Å². The van der Waals surface area contributed by atoms with Crippen LogP contribution in [0.3, 0.4) is 0 Å². The number of carbonyl (C=O) groups is 1. The highest BCUT2D eigenvalue weighted by Gasteiger charge is 2.17. The van der Waals surface area contributed by atoms with Gasteiger partial charge in [0.25, 0.3) is 0 Å². The molecular formula is C15H27N3O. The van der Waals surface area contributed by atoms with Crippen LogP contribution in [0.1, 0.15) is 39.5 Å². The van der Waals surface area contributed by atoms with E-state index in [0.717, 1.165) is 19.5 Å².